The Morgan fingerprint density at radius 2 is 2.18 bits per heavy atom. The fraction of sp³-hybridized carbons (Fsp3) is 0.111. The molecule has 0 bridgehead atoms. The molecule has 0 radical (unpaired) electrons. The van der Waals surface area contributed by atoms with E-state index in [1.807, 2.05) is 0 Å². The second kappa shape index (κ2) is 4.47. The summed E-state index contributed by atoms with van der Waals surface area (Å²) in [6.07, 6.45) is 1.32. The third-order valence-electron chi connectivity index (χ3n) is 1.92. The number of amides is 1. The molecule has 0 spiro atoms. The molecule has 8 heteroatoms. The summed E-state index contributed by atoms with van der Waals surface area (Å²) in [5.74, 6) is -1.60. The maximum Gasteiger partial charge on any atom is 0.371 e. The molecule has 2 heterocycles. The van der Waals surface area contributed by atoms with Crippen LogP contribution in [-0.4, -0.2) is 32.2 Å². The van der Waals surface area contributed by atoms with E-state index in [9.17, 15) is 9.59 Å². The van der Waals surface area contributed by atoms with Gasteiger partial charge in [-0.25, -0.2) is 9.78 Å². The van der Waals surface area contributed by atoms with Crippen LogP contribution in [-0.2, 0) is 6.54 Å². The number of rotatable bonds is 4. The lowest BCUT2D eigenvalue weighted by molar-refractivity contribution is 0.0659. The number of carbonyl (C=O) groups excluding carboxylic acids is 1. The highest BCUT2D eigenvalue weighted by atomic mass is 16.4. The van der Waals surface area contributed by atoms with Crippen molar-refractivity contribution >= 4 is 11.9 Å². The summed E-state index contributed by atoms with van der Waals surface area (Å²) in [6, 6.07) is 2.50. The molecule has 0 aliphatic carbocycles. The van der Waals surface area contributed by atoms with E-state index < -0.39 is 11.9 Å². The SMILES string of the molecule is O=C(O)c1ccc(C(=O)NCc2ncn[nH]2)o1. The van der Waals surface area contributed by atoms with Gasteiger partial charge in [-0.2, -0.15) is 5.10 Å². The Hall–Kier alpha value is -2.64. The van der Waals surface area contributed by atoms with E-state index in [1.54, 1.807) is 0 Å². The monoisotopic (exact) mass is 236 g/mol. The Morgan fingerprint density at radius 3 is 2.76 bits per heavy atom. The smallest absolute Gasteiger partial charge is 0.371 e. The topological polar surface area (TPSA) is 121 Å². The number of aromatic nitrogens is 3. The first-order valence-corrected chi connectivity index (χ1v) is 4.62. The quantitative estimate of drug-likeness (QED) is 0.688. The van der Waals surface area contributed by atoms with E-state index in [0.717, 1.165) is 0 Å². The van der Waals surface area contributed by atoms with Gasteiger partial charge >= 0.3 is 5.97 Å². The van der Waals surface area contributed by atoms with Crippen LogP contribution in [0.5, 0.6) is 0 Å². The molecule has 88 valence electrons. The number of aromatic amines is 1. The molecular formula is C9H8N4O4. The Labute approximate surface area is 94.7 Å². The van der Waals surface area contributed by atoms with Gasteiger partial charge in [0.15, 0.2) is 5.76 Å². The Bertz CT molecular complexity index is 531. The lowest BCUT2D eigenvalue weighted by atomic mass is 10.4. The minimum absolute atomic E-state index is 0.0677. The third-order valence-corrected chi connectivity index (χ3v) is 1.92. The summed E-state index contributed by atoms with van der Waals surface area (Å²) < 4.78 is 4.82. The van der Waals surface area contributed by atoms with Crippen molar-refractivity contribution in [3.8, 4) is 0 Å². The highest BCUT2D eigenvalue weighted by molar-refractivity contribution is 5.93. The lowest BCUT2D eigenvalue weighted by Crippen LogP contribution is -2.22. The number of aromatic carboxylic acids is 1. The van der Waals surface area contributed by atoms with E-state index in [-0.39, 0.29) is 18.1 Å². The number of hydrogen-bond acceptors (Lipinski definition) is 5. The standard InChI is InChI=1S/C9H8N4O4/c14-8(10-3-7-11-4-12-13-7)5-1-2-6(17-5)9(15)16/h1-2,4H,3H2,(H,10,14)(H,15,16)(H,11,12,13). The van der Waals surface area contributed by atoms with E-state index >= 15 is 0 Å². The van der Waals surface area contributed by atoms with E-state index in [2.05, 4.69) is 20.5 Å². The molecular weight excluding hydrogens is 228 g/mol. The van der Waals surface area contributed by atoms with Crippen LogP contribution in [0.1, 0.15) is 26.9 Å². The maximum atomic E-state index is 11.5. The number of nitrogens with zero attached hydrogens (tertiary/aromatic N) is 2. The Kier molecular flexibility index (Phi) is 2.86. The molecule has 2 aromatic heterocycles. The van der Waals surface area contributed by atoms with Gasteiger partial charge in [0.05, 0.1) is 6.54 Å². The zero-order valence-corrected chi connectivity index (χ0v) is 8.51. The number of carbonyl (C=O) groups is 2. The van der Waals surface area contributed by atoms with Gasteiger partial charge in [-0.3, -0.25) is 9.89 Å². The van der Waals surface area contributed by atoms with Crippen LogP contribution in [0.15, 0.2) is 22.9 Å². The number of carboxylic acids is 1. The first-order chi connectivity index (χ1) is 8.16. The van der Waals surface area contributed by atoms with Crippen molar-refractivity contribution in [2.75, 3.05) is 0 Å². The molecule has 0 unspecified atom stereocenters. The molecule has 0 aliphatic heterocycles. The van der Waals surface area contributed by atoms with Crippen LogP contribution in [0.3, 0.4) is 0 Å². The van der Waals surface area contributed by atoms with Gasteiger partial charge in [0.25, 0.3) is 5.91 Å². The number of furan rings is 1. The molecule has 8 nitrogen and oxygen atoms in total. The van der Waals surface area contributed by atoms with Gasteiger partial charge in [-0.15, -0.1) is 0 Å². The molecule has 17 heavy (non-hydrogen) atoms. The predicted molar refractivity (Wildman–Crippen MR) is 53.2 cm³/mol. The molecule has 0 saturated carbocycles. The number of nitrogens with one attached hydrogen (secondary N) is 2. The molecule has 0 fully saturated rings. The molecule has 1 amide bonds. The van der Waals surface area contributed by atoms with Gasteiger partial charge < -0.3 is 14.8 Å². The van der Waals surface area contributed by atoms with Crippen molar-refractivity contribution in [3.63, 3.8) is 0 Å². The average molecular weight is 236 g/mol. The van der Waals surface area contributed by atoms with Crippen LogP contribution in [0.4, 0.5) is 0 Å². The van der Waals surface area contributed by atoms with E-state index in [1.165, 1.54) is 18.5 Å². The van der Waals surface area contributed by atoms with Crippen molar-refractivity contribution in [2.24, 2.45) is 0 Å². The van der Waals surface area contributed by atoms with Crippen molar-refractivity contribution in [1.82, 2.24) is 20.5 Å². The van der Waals surface area contributed by atoms with Crippen molar-refractivity contribution in [3.05, 3.63) is 35.8 Å². The predicted octanol–water partition coefficient (Wildman–Crippen LogP) is 0.0259. The minimum Gasteiger partial charge on any atom is -0.475 e. The third kappa shape index (κ3) is 2.48. The average Bonchev–Trinajstić information content (AvgIpc) is 2.96. The lowest BCUT2D eigenvalue weighted by Gasteiger charge is -1.99. The fourth-order valence-corrected chi connectivity index (χ4v) is 1.14. The fourth-order valence-electron chi connectivity index (χ4n) is 1.14. The van der Waals surface area contributed by atoms with Crippen LogP contribution < -0.4 is 5.32 Å². The highest BCUT2D eigenvalue weighted by Gasteiger charge is 2.14. The maximum absolute atomic E-state index is 11.5. The highest BCUT2D eigenvalue weighted by Crippen LogP contribution is 2.07. The zero-order valence-electron chi connectivity index (χ0n) is 8.51. The summed E-state index contributed by atoms with van der Waals surface area (Å²) in [5.41, 5.74) is 0. The second-order valence-corrected chi connectivity index (χ2v) is 3.08. The van der Waals surface area contributed by atoms with Gasteiger partial charge in [-0.1, -0.05) is 0 Å². The van der Waals surface area contributed by atoms with E-state index in [0.29, 0.717) is 5.82 Å². The Balaban J connectivity index is 1.97. The molecule has 0 aromatic carbocycles. The number of hydrogen-bond donors (Lipinski definition) is 3. The summed E-state index contributed by atoms with van der Waals surface area (Å²) >= 11 is 0. The largest absolute Gasteiger partial charge is 0.475 e. The first kappa shape index (κ1) is 10.9. The molecule has 3 N–H and O–H groups in total. The Morgan fingerprint density at radius 1 is 1.41 bits per heavy atom. The summed E-state index contributed by atoms with van der Waals surface area (Å²) in [7, 11) is 0. The van der Waals surface area contributed by atoms with E-state index in [4.69, 9.17) is 9.52 Å². The molecule has 0 aliphatic rings. The van der Waals surface area contributed by atoms with Gasteiger partial charge in [0.2, 0.25) is 5.76 Å². The van der Waals surface area contributed by atoms with Gasteiger partial charge in [0.1, 0.15) is 12.2 Å². The number of carboxylic acid groups (broad SMARTS) is 1. The van der Waals surface area contributed by atoms with Crippen molar-refractivity contribution < 1.29 is 19.1 Å². The zero-order chi connectivity index (χ0) is 12.3. The van der Waals surface area contributed by atoms with Crippen molar-refractivity contribution in [2.45, 2.75) is 6.54 Å². The van der Waals surface area contributed by atoms with Crippen molar-refractivity contribution in [1.29, 1.82) is 0 Å². The second-order valence-electron chi connectivity index (χ2n) is 3.08. The molecule has 2 aromatic rings. The first-order valence-electron chi connectivity index (χ1n) is 4.62. The van der Waals surface area contributed by atoms with Crippen LogP contribution in [0.25, 0.3) is 0 Å². The summed E-state index contributed by atoms with van der Waals surface area (Å²) in [4.78, 5) is 25.9. The summed E-state index contributed by atoms with van der Waals surface area (Å²) in [5, 5.41) is 17.3. The van der Waals surface area contributed by atoms with Gasteiger partial charge in [0, 0.05) is 0 Å². The van der Waals surface area contributed by atoms with Crippen LogP contribution in [0, 0.1) is 0 Å². The van der Waals surface area contributed by atoms with Crippen LogP contribution >= 0.6 is 0 Å². The molecule has 2 rings (SSSR count). The molecule has 0 saturated heterocycles. The summed E-state index contributed by atoms with van der Waals surface area (Å²) in [6.45, 7) is 0.155. The normalized spacial score (nSPS) is 10.1. The number of H-pyrrole nitrogens is 1. The van der Waals surface area contributed by atoms with Crippen LogP contribution in [0.2, 0.25) is 0 Å². The molecule has 0 atom stereocenters. The minimum atomic E-state index is -1.22. The van der Waals surface area contributed by atoms with Gasteiger partial charge in [-0.05, 0) is 12.1 Å².